The molecule has 1 atom stereocenters. The van der Waals surface area contributed by atoms with Gasteiger partial charge in [0.25, 0.3) is 0 Å². The van der Waals surface area contributed by atoms with Gasteiger partial charge in [-0.15, -0.1) is 0 Å². The lowest BCUT2D eigenvalue weighted by Crippen LogP contribution is -2.14. The Labute approximate surface area is 131 Å². The van der Waals surface area contributed by atoms with Gasteiger partial charge in [-0.2, -0.15) is 0 Å². The molecule has 0 radical (unpaired) electrons. The first kappa shape index (κ1) is 14.2. The maximum absolute atomic E-state index is 6.25. The van der Waals surface area contributed by atoms with Crippen LogP contribution in [-0.4, -0.2) is 4.98 Å². The van der Waals surface area contributed by atoms with Crippen LogP contribution in [0.1, 0.15) is 17.2 Å². The lowest BCUT2D eigenvalue weighted by molar-refractivity contribution is 0.715. The number of aromatic nitrogens is 1. The van der Waals surface area contributed by atoms with E-state index < -0.39 is 0 Å². The first-order valence-electron chi connectivity index (χ1n) is 5.36. The number of hydrogen-bond acceptors (Lipinski definition) is 2. The summed E-state index contributed by atoms with van der Waals surface area (Å²) in [5, 5.41) is 0. The van der Waals surface area contributed by atoms with Crippen LogP contribution >= 0.6 is 47.8 Å². The molecular weight excluding hydrogens is 424 g/mol. The smallest absolute Gasteiger partial charge is 0.0410 e. The van der Waals surface area contributed by atoms with E-state index in [1.807, 2.05) is 30.5 Å². The van der Waals surface area contributed by atoms with E-state index in [-0.39, 0.29) is 6.04 Å². The fraction of sp³-hybridized carbons (Fsp3) is 0.154. The van der Waals surface area contributed by atoms with Gasteiger partial charge in [-0.25, -0.2) is 0 Å². The predicted octanol–water partition coefficient (Wildman–Crippen LogP) is 4.61. The van der Waals surface area contributed by atoms with Crippen LogP contribution in [0, 0.1) is 0 Å². The van der Waals surface area contributed by atoms with E-state index in [0.29, 0.717) is 0 Å². The Morgan fingerprint density at radius 1 is 1.06 bits per heavy atom. The lowest BCUT2D eigenvalue weighted by Gasteiger charge is -2.14. The van der Waals surface area contributed by atoms with E-state index in [0.717, 1.165) is 31.0 Å². The van der Waals surface area contributed by atoms with Crippen molar-refractivity contribution < 1.29 is 0 Å². The minimum absolute atomic E-state index is 0.0621. The van der Waals surface area contributed by atoms with E-state index in [9.17, 15) is 0 Å². The largest absolute Gasteiger partial charge is 0.324 e. The molecule has 1 aromatic carbocycles. The third kappa shape index (κ3) is 3.63. The van der Waals surface area contributed by atoms with Gasteiger partial charge in [0.05, 0.1) is 0 Å². The Hall–Kier alpha value is -0.230. The van der Waals surface area contributed by atoms with Gasteiger partial charge < -0.3 is 5.73 Å². The zero-order valence-corrected chi connectivity index (χ0v) is 14.2. The topological polar surface area (TPSA) is 38.9 Å². The number of benzene rings is 1. The van der Waals surface area contributed by atoms with Crippen LogP contribution in [0.25, 0.3) is 0 Å². The summed E-state index contributed by atoms with van der Waals surface area (Å²) in [6.45, 7) is 0. The van der Waals surface area contributed by atoms with E-state index in [4.69, 9.17) is 5.73 Å². The molecule has 2 N–H and O–H groups in total. The maximum atomic E-state index is 6.25. The molecule has 1 unspecified atom stereocenters. The van der Waals surface area contributed by atoms with Crippen molar-refractivity contribution in [1.82, 2.24) is 4.98 Å². The second-order valence-corrected chi connectivity index (χ2v) is 6.67. The Bertz CT molecular complexity index is 558. The van der Waals surface area contributed by atoms with Crippen molar-refractivity contribution in [3.05, 3.63) is 61.2 Å². The summed E-state index contributed by atoms with van der Waals surface area (Å²) >= 11 is 10.4. The minimum Gasteiger partial charge on any atom is -0.324 e. The van der Waals surface area contributed by atoms with Crippen LogP contribution in [0.15, 0.2) is 50.1 Å². The molecule has 0 amide bonds. The highest BCUT2D eigenvalue weighted by molar-refractivity contribution is 9.11. The summed E-state index contributed by atoms with van der Waals surface area (Å²) in [5.74, 6) is 0. The molecule has 94 valence electrons. The molecule has 18 heavy (non-hydrogen) atoms. The number of halogens is 3. The molecule has 2 rings (SSSR count). The first-order chi connectivity index (χ1) is 8.56. The van der Waals surface area contributed by atoms with E-state index in [1.165, 1.54) is 0 Å². The van der Waals surface area contributed by atoms with Gasteiger partial charge in [-0.3, -0.25) is 4.98 Å². The van der Waals surface area contributed by atoms with Crippen LogP contribution in [0.3, 0.4) is 0 Å². The second kappa shape index (κ2) is 6.28. The number of nitrogens with zero attached hydrogens (tertiary/aromatic N) is 1. The molecule has 0 aliphatic heterocycles. The van der Waals surface area contributed by atoms with Crippen molar-refractivity contribution in [3.63, 3.8) is 0 Å². The Morgan fingerprint density at radius 2 is 1.83 bits per heavy atom. The third-order valence-electron chi connectivity index (χ3n) is 2.57. The van der Waals surface area contributed by atoms with Gasteiger partial charge in [-0.1, -0.05) is 31.9 Å². The van der Waals surface area contributed by atoms with Gasteiger partial charge in [0.1, 0.15) is 0 Å². The zero-order chi connectivity index (χ0) is 13.1. The van der Waals surface area contributed by atoms with Gasteiger partial charge in [-0.05, 0) is 57.7 Å². The highest BCUT2D eigenvalue weighted by Gasteiger charge is 2.11. The second-order valence-electron chi connectivity index (χ2n) is 3.99. The summed E-state index contributed by atoms with van der Waals surface area (Å²) in [4.78, 5) is 4.15. The molecule has 0 saturated carbocycles. The quantitative estimate of drug-likeness (QED) is 0.766. The van der Waals surface area contributed by atoms with Crippen LogP contribution in [0.5, 0.6) is 0 Å². The van der Waals surface area contributed by atoms with E-state index in [1.54, 1.807) is 6.20 Å². The molecular formula is C13H11Br3N2. The molecule has 0 aliphatic rings. The molecule has 0 spiro atoms. The fourth-order valence-corrected chi connectivity index (χ4v) is 3.06. The fourth-order valence-electron chi connectivity index (χ4n) is 1.73. The van der Waals surface area contributed by atoms with Gasteiger partial charge in [0.15, 0.2) is 0 Å². The summed E-state index contributed by atoms with van der Waals surface area (Å²) in [6, 6.07) is 8.01. The van der Waals surface area contributed by atoms with Gasteiger partial charge in [0, 0.05) is 31.9 Å². The van der Waals surface area contributed by atoms with Gasteiger partial charge in [0.2, 0.25) is 0 Å². The third-order valence-corrected chi connectivity index (χ3v) is 4.22. The molecule has 1 aromatic heterocycles. The number of rotatable bonds is 3. The Kier molecular flexibility index (Phi) is 4.95. The van der Waals surface area contributed by atoms with Crippen molar-refractivity contribution in [2.24, 2.45) is 5.73 Å². The van der Waals surface area contributed by atoms with Crippen molar-refractivity contribution in [2.45, 2.75) is 12.5 Å². The van der Waals surface area contributed by atoms with Crippen LogP contribution in [0.2, 0.25) is 0 Å². The summed E-state index contributed by atoms with van der Waals surface area (Å²) < 4.78 is 3.03. The monoisotopic (exact) mass is 432 g/mol. The number of nitrogens with two attached hydrogens (primary N) is 1. The molecule has 0 aliphatic carbocycles. The highest BCUT2D eigenvalue weighted by Crippen LogP contribution is 2.28. The van der Waals surface area contributed by atoms with E-state index in [2.05, 4.69) is 52.8 Å². The Morgan fingerprint density at radius 3 is 2.56 bits per heavy atom. The van der Waals surface area contributed by atoms with Crippen molar-refractivity contribution in [1.29, 1.82) is 0 Å². The van der Waals surface area contributed by atoms with Crippen molar-refractivity contribution in [2.75, 3.05) is 0 Å². The first-order valence-corrected chi connectivity index (χ1v) is 7.74. The minimum atomic E-state index is -0.0621. The van der Waals surface area contributed by atoms with Crippen molar-refractivity contribution >= 4 is 47.8 Å². The average Bonchev–Trinajstić information content (AvgIpc) is 2.32. The van der Waals surface area contributed by atoms with Gasteiger partial charge >= 0.3 is 0 Å². The highest BCUT2D eigenvalue weighted by atomic mass is 79.9. The molecule has 5 heteroatoms. The van der Waals surface area contributed by atoms with Crippen molar-refractivity contribution in [3.8, 4) is 0 Å². The lowest BCUT2D eigenvalue weighted by atomic mass is 10.0. The molecule has 2 aromatic rings. The predicted molar refractivity (Wildman–Crippen MR) is 84.4 cm³/mol. The summed E-state index contributed by atoms with van der Waals surface area (Å²) in [7, 11) is 0. The number of pyridine rings is 1. The number of hydrogen-bond donors (Lipinski definition) is 1. The maximum Gasteiger partial charge on any atom is 0.0410 e. The van der Waals surface area contributed by atoms with Crippen LogP contribution < -0.4 is 5.73 Å². The Balaban J connectivity index is 2.21. The average molecular weight is 435 g/mol. The zero-order valence-electron chi connectivity index (χ0n) is 9.41. The normalized spacial score (nSPS) is 12.4. The summed E-state index contributed by atoms with van der Waals surface area (Å²) in [6.07, 6.45) is 4.36. The molecule has 0 fully saturated rings. The molecule has 1 heterocycles. The molecule has 0 saturated heterocycles. The standard InChI is InChI=1S/C13H11Br3N2/c14-9-1-2-12(16)11(5-9)13(17)4-8-3-10(15)7-18-6-8/h1-3,5-7,13H,4,17H2. The SMILES string of the molecule is NC(Cc1cncc(Br)c1)c1cc(Br)ccc1Br. The van der Waals surface area contributed by atoms with Crippen LogP contribution in [0.4, 0.5) is 0 Å². The van der Waals surface area contributed by atoms with E-state index >= 15 is 0 Å². The van der Waals surface area contributed by atoms with Crippen LogP contribution in [-0.2, 0) is 6.42 Å². The summed E-state index contributed by atoms with van der Waals surface area (Å²) in [5.41, 5.74) is 8.45. The molecule has 0 bridgehead atoms. The molecule has 2 nitrogen and oxygen atoms in total.